The summed E-state index contributed by atoms with van der Waals surface area (Å²) in [5, 5.41) is 3.10. The number of carbonyl (C=O) groups is 1. The van der Waals surface area contributed by atoms with E-state index in [0.717, 1.165) is 34.0 Å². The molecule has 1 heterocycles. The lowest BCUT2D eigenvalue weighted by atomic mass is 9.83. The summed E-state index contributed by atoms with van der Waals surface area (Å²) in [6, 6.07) is 18.8. The van der Waals surface area contributed by atoms with Gasteiger partial charge in [0.2, 0.25) is 5.91 Å². The van der Waals surface area contributed by atoms with Gasteiger partial charge in [-0.15, -0.1) is 0 Å². The fraction of sp³-hybridized carbons (Fsp3) is 0.367. The number of nitrogens with zero attached hydrogens (tertiary/aromatic N) is 1. The zero-order chi connectivity index (χ0) is 28.2. The molecule has 1 aliphatic heterocycles. The lowest BCUT2D eigenvalue weighted by molar-refractivity contribution is -0.121. The first kappa shape index (κ1) is 28.3. The lowest BCUT2D eigenvalue weighted by Crippen LogP contribution is -2.47. The molecule has 0 fully saturated rings. The van der Waals surface area contributed by atoms with Gasteiger partial charge in [-0.1, -0.05) is 49.7 Å². The molecule has 0 saturated carbocycles. The molecule has 1 atom stereocenters. The molecule has 0 bridgehead atoms. The summed E-state index contributed by atoms with van der Waals surface area (Å²) in [6.07, 6.45) is 2.16. The van der Waals surface area contributed by atoms with Gasteiger partial charge in [-0.25, -0.2) is 8.42 Å². The summed E-state index contributed by atoms with van der Waals surface area (Å²) in [5.41, 5.74) is 1.83. The van der Waals surface area contributed by atoms with E-state index in [9.17, 15) is 13.2 Å². The maximum Gasteiger partial charge on any atom is 0.264 e. The SMILES string of the molecule is CCC1(CC)C[C@@H](NC(=O)CN(c2ccc(C)cc2)S(=O)(=O)c2ccc(OC)c(OC)c2)c2ccccc2O1. The minimum absolute atomic E-state index is 0.0130. The van der Waals surface area contributed by atoms with Gasteiger partial charge >= 0.3 is 0 Å². The number of sulfonamides is 1. The van der Waals surface area contributed by atoms with Gasteiger partial charge in [0.25, 0.3) is 10.0 Å². The molecular formula is C30H36N2O6S. The van der Waals surface area contributed by atoms with Crippen molar-refractivity contribution >= 4 is 21.6 Å². The van der Waals surface area contributed by atoms with Crippen LogP contribution in [0.1, 0.15) is 50.3 Å². The number of methoxy groups -OCH3 is 2. The number of nitrogens with one attached hydrogen (secondary N) is 1. The Kier molecular flexibility index (Phi) is 8.39. The molecule has 0 aromatic heterocycles. The summed E-state index contributed by atoms with van der Waals surface area (Å²) in [7, 11) is -1.22. The number of anilines is 1. The average molecular weight is 553 g/mol. The van der Waals surface area contributed by atoms with Crippen LogP contribution in [0.2, 0.25) is 0 Å². The third-order valence-corrected chi connectivity index (χ3v) is 9.14. The first-order valence-electron chi connectivity index (χ1n) is 13.0. The largest absolute Gasteiger partial charge is 0.493 e. The number of amides is 1. The number of aryl methyl sites for hydroxylation is 1. The molecule has 1 aliphatic rings. The molecule has 3 aromatic rings. The van der Waals surface area contributed by atoms with Crippen molar-refractivity contribution in [1.82, 2.24) is 5.32 Å². The smallest absolute Gasteiger partial charge is 0.264 e. The molecule has 0 unspecified atom stereocenters. The second kappa shape index (κ2) is 11.6. The number of carbonyl (C=O) groups excluding carboxylic acids is 1. The van der Waals surface area contributed by atoms with E-state index in [1.807, 2.05) is 43.3 Å². The molecule has 3 aromatic carbocycles. The van der Waals surface area contributed by atoms with E-state index in [-0.39, 0.29) is 16.7 Å². The minimum atomic E-state index is -4.14. The fourth-order valence-corrected chi connectivity index (χ4v) is 6.37. The summed E-state index contributed by atoms with van der Waals surface area (Å²) >= 11 is 0. The molecule has 1 amide bonds. The van der Waals surface area contributed by atoms with Crippen LogP contribution in [0, 0.1) is 6.92 Å². The zero-order valence-electron chi connectivity index (χ0n) is 23.1. The van der Waals surface area contributed by atoms with Crippen molar-refractivity contribution in [3.05, 3.63) is 77.9 Å². The van der Waals surface area contributed by atoms with Crippen molar-refractivity contribution in [2.75, 3.05) is 25.1 Å². The Hall–Kier alpha value is -3.72. The van der Waals surface area contributed by atoms with E-state index in [1.165, 1.54) is 32.4 Å². The van der Waals surface area contributed by atoms with Crippen molar-refractivity contribution in [3.8, 4) is 17.2 Å². The summed E-state index contributed by atoms with van der Waals surface area (Å²) in [6.45, 7) is 5.67. The topological polar surface area (TPSA) is 94.2 Å². The van der Waals surface area contributed by atoms with Crippen LogP contribution in [0.3, 0.4) is 0 Å². The second-order valence-electron chi connectivity index (χ2n) is 9.72. The van der Waals surface area contributed by atoms with Crippen LogP contribution >= 0.6 is 0 Å². The normalized spacial score (nSPS) is 16.0. The monoisotopic (exact) mass is 552 g/mol. The predicted molar refractivity (Wildman–Crippen MR) is 151 cm³/mol. The van der Waals surface area contributed by atoms with Crippen molar-refractivity contribution in [2.24, 2.45) is 0 Å². The van der Waals surface area contributed by atoms with Gasteiger partial charge in [0, 0.05) is 18.1 Å². The highest BCUT2D eigenvalue weighted by Crippen LogP contribution is 2.42. The number of ether oxygens (including phenoxy) is 3. The third-order valence-electron chi connectivity index (χ3n) is 7.37. The van der Waals surface area contributed by atoms with Crippen LogP contribution in [-0.2, 0) is 14.8 Å². The van der Waals surface area contributed by atoms with E-state index in [0.29, 0.717) is 17.9 Å². The quantitative estimate of drug-likeness (QED) is 0.362. The van der Waals surface area contributed by atoms with Crippen LogP contribution < -0.4 is 23.8 Å². The molecule has 208 valence electrons. The van der Waals surface area contributed by atoms with E-state index >= 15 is 0 Å². The molecule has 39 heavy (non-hydrogen) atoms. The number of hydrogen-bond donors (Lipinski definition) is 1. The van der Waals surface area contributed by atoms with Gasteiger partial charge in [-0.05, 0) is 50.1 Å². The molecule has 0 saturated heterocycles. The zero-order valence-corrected chi connectivity index (χ0v) is 23.9. The molecule has 0 spiro atoms. The predicted octanol–water partition coefficient (Wildman–Crippen LogP) is 5.41. The highest BCUT2D eigenvalue weighted by molar-refractivity contribution is 7.92. The van der Waals surface area contributed by atoms with Crippen LogP contribution in [0.4, 0.5) is 5.69 Å². The summed E-state index contributed by atoms with van der Waals surface area (Å²) in [4.78, 5) is 13.5. The van der Waals surface area contributed by atoms with Gasteiger partial charge < -0.3 is 19.5 Å². The van der Waals surface area contributed by atoms with Gasteiger partial charge in [-0.2, -0.15) is 0 Å². The number of hydrogen-bond acceptors (Lipinski definition) is 6. The standard InChI is InChI=1S/C30H36N2O6S/c1-6-30(7-2)19-25(24-10-8-9-11-26(24)38-30)31-29(33)20-32(22-14-12-21(3)13-15-22)39(34,35)23-16-17-27(36-4)28(18-23)37-5/h8-18,25H,6-7,19-20H2,1-5H3,(H,31,33)/t25-/m1/s1. The van der Waals surface area contributed by atoms with Crippen molar-refractivity contribution in [3.63, 3.8) is 0 Å². The van der Waals surface area contributed by atoms with Crippen molar-refractivity contribution in [2.45, 2.75) is 56.6 Å². The second-order valence-corrected chi connectivity index (χ2v) is 11.6. The summed E-state index contributed by atoms with van der Waals surface area (Å²) < 4.78 is 46.0. The Balaban J connectivity index is 1.68. The van der Waals surface area contributed by atoms with Crippen molar-refractivity contribution in [1.29, 1.82) is 0 Å². The Labute approximate surface area is 230 Å². The Morgan fingerprint density at radius 2 is 1.67 bits per heavy atom. The van der Waals surface area contributed by atoms with E-state index in [4.69, 9.17) is 14.2 Å². The van der Waals surface area contributed by atoms with Crippen molar-refractivity contribution < 1.29 is 27.4 Å². The average Bonchev–Trinajstić information content (AvgIpc) is 2.95. The first-order chi connectivity index (χ1) is 18.7. The van der Waals surface area contributed by atoms with Gasteiger partial charge in [0.15, 0.2) is 11.5 Å². The Morgan fingerprint density at radius 1 is 1.00 bits per heavy atom. The minimum Gasteiger partial charge on any atom is -0.493 e. The van der Waals surface area contributed by atoms with E-state index in [2.05, 4.69) is 19.2 Å². The molecular weight excluding hydrogens is 516 g/mol. The fourth-order valence-electron chi connectivity index (χ4n) is 4.93. The van der Waals surface area contributed by atoms with Gasteiger partial charge in [-0.3, -0.25) is 9.10 Å². The van der Waals surface area contributed by atoms with Crippen LogP contribution in [0.15, 0.2) is 71.6 Å². The number of fused-ring (bicyclic) bond motifs is 1. The molecule has 9 heteroatoms. The number of benzene rings is 3. The van der Waals surface area contributed by atoms with Crippen LogP contribution in [0.5, 0.6) is 17.2 Å². The third kappa shape index (κ3) is 5.83. The maximum absolute atomic E-state index is 13.9. The number of para-hydroxylation sites is 1. The molecule has 1 N–H and O–H groups in total. The van der Waals surface area contributed by atoms with Crippen LogP contribution in [-0.4, -0.2) is 40.7 Å². The molecule has 8 nitrogen and oxygen atoms in total. The van der Waals surface area contributed by atoms with E-state index in [1.54, 1.807) is 12.1 Å². The summed E-state index contributed by atoms with van der Waals surface area (Å²) in [5.74, 6) is 1.01. The Morgan fingerprint density at radius 3 is 2.31 bits per heavy atom. The highest BCUT2D eigenvalue weighted by atomic mass is 32.2. The first-order valence-corrected chi connectivity index (χ1v) is 14.5. The van der Waals surface area contributed by atoms with Gasteiger partial charge in [0.1, 0.15) is 17.9 Å². The lowest BCUT2D eigenvalue weighted by Gasteiger charge is -2.41. The Bertz CT molecular complexity index is 1420. The number of rotatable bonds is 10. The van der Waals surface area contributed by atoms with E-state index < -0.39 is 28.1 Å². The van der Waals surface area contributed by atoms with Crippen LogP contribution in [0.25, 0.3) is 0 Å². The molecule has 0 aliphatic carbocycles. The highest BCUT2D eigenvalue weighted by Gasteiger charge is 2.39. The molecule has 0 radical (unpaired) electrons. The molecule has 4 rings (SSSR count). The van der Waals surface area contributed by atoms with Gasteiger partial charge in [0.05, 0.1) is 30.8 Å². The maximum atomic E-state index is 13.9.